The summed E-state index contributed by atoms with van der Waals surface area (Å²) in [5.74, 6) is -0.396. The van der Waals surface area contributed by atoms with Crippen molar-refractivity contribution in [3.63, 3.8) is 0 Å². The molecule has 0 saturated heterocycles. The van der Waals surface area contributed by atoms with E-state index in [-0.39, 0.29) is 23.7 Å². The van der Waals surface area contributed by atoms with Gasteiger partial charge in [0.2, 0.25) is 0 Å². The van der Waals surface area contributed by atoms with E-state index in [4.69, 9.17) is 0 Å². The number of fused-ring (bicyclic) bond motifs is 1. The minimum Gasteiger partial charge on any atom is -0.303 e. The fourth-order valence-electron chi connectivity index (χ4n) is 2.93. The zero-order valence-electron chi connectivity index (χ0n) is 11.4. The molecule has 1 aliphatic rings. The summed E-state index contributed by atoms with van der Waals surface area (Å²) in [5.41, 5.74) is 3.17. The number of hydrogen-bond acceptors (Lipinski definition) is 1. The van der Waals surface area contributed by atoms with Crippen LogP contribution in [0.25, 0.3) is 0 Å². The quantitative estimate of drug-likeness (QED) is 0.879. The highest BCUT2D eigenvalue weighted by Crippen LogP contribution is 2.33. The highest BCUT2D eigenvalue weighted by atomic mass is 19.1. The van der Waals surface area contributed by atoms with E-state index in [9.17, 15) is 8.78 Å². The lowest BCUT2D eigenvalue weighted by Crippen LogP contribution is -2.23. The number of halogens is 2. The molecule has 1 N–H and O–H groups in total. The summed E-state index contributed by atoms with van der Waals surface area (Å²) in [5, 5.41) is 3.51. The monoisotopic (exact) mass is 273 g/mol. The Morgan fingerprint density at radius 3 is 2.70 bits per heavy atom. The Kier molecular flexibility index (Phi) is 3.53. The molecule has 0 radical (unpaired) electrons. The van der Waals surface area contributed by atoms with Crippen LogP contribution in [0.1, 0.15) is 42.1 Å². The summed E-state index contributed by atoms with van der Waals surface area (Å²) in [4.78, 5) is 0. The van der Waals surface area contributed by atoms with E-state index in [2.05, 4.69) is 5.32 Å². The zero-order valence-corrected chi connectivity index (χ0v) is 11.4. The maximum atomic E-state index is 13.3. The molecular formula is C17H17F2N. The highest BCUT2D eigenvalue weighted by Gasteiger charge is 2.24. The van der Waals surface area contributed by atoms with E-state index in [0.717, 1.165) is 29.5 Å². The molecule has 2 unspecified atom stereocenters. The lowest BCUT2D eigenvalue weighted by Gasteiger charge is -2.21. The van der Waals surface area contributed by atoms with Crippen molar-refractivity contribution in [1.82, 2.24) is 5.32 Å². The molecule has 0 saturated carbocycles. The predicted molar refractivity (Wildman–Crippen MR) is 75.4 cm³/mol. The molecule has 0 heterocycles. The van der Waals surface area contributed by atoms with Gasteiger partial charge in [0.15, 0.2) is 0 Å². The standard InChI is InChI=1S/C17H17F2N/c1-11(12-3-2-4-14(18)9-12)20-17-8-5-13-10-15(19)6-7-16(13)17/h2-4,6-7,9-11,17,20H,5,8H2,1H3. The molecule has 2 aromatic carbocycles. The van der Waals surface area contributed by atoms with Gasteiger partial charge in [-0.1, -0.05) is 18.2 Å². The van der Waals surface area contributed by atoms with E-state index in [1.165, 1.54) is 12.1 Å². The van der Waals surface area contributed by atoms with Crippen LogP contribution < -0.4 is 5.32 Å². The molecule has 2 aromatic rings. The minimum atomic E-state index is -0.218. The molecule has 0 amide bonds. The van der Waals surface area contributed by atoms with Gasteiger partial charge in [0.1, 0.15) is 11.6 Å². The van der Waals surface area contributed by atoms with Crippen LogP contribution in [0.15, 0.2) is 42.5 Å². The third kappa shape index (κ3) is 2.59. The van der Waals surface area contributed by atoms with Crippen molar-refractivity contribution in [2.45, 2.75) is 31.8 Å². The normalized spacial score (nSPS) is 18.9. The van der Waals surface area contributed by atoms with E-state index in [1.807, 2.05) is 19.1 Å². The molecular weight excluding hydrogens is 256 g/mol. The van der Waals surface area contributed by atoms with Gasteiger partial charge in [-0.15, -0.1) is 0 Å². The van der Waals surface area contributed by atoms with Crippen molar-refractivity contribution in [3.8, 4) is 0 Å². The minimum absolute atomic E-state index is 0.0618. The van der Waals surface area contributed by atoms with Gasteiger partial charge in [-0.05, 0) is 60.7 Å². The Hall–Kier alpha value is -1.74. The molecule has 0 aromatic heterocycles. The van der Waals surface area contributed by atoms with Crippen LogP contribution in [0.5, 0.6) is 0 Å². The number of benzene rings is 2. The van der Waals surface area contributed by atoms with Crippen LogP contribution >= 0.6 is 0 Å². The second kappa shape index (κ2) is 5.33. The molecule has 104 valence electrons. The van der Waals surface area contributed by atoms with Crippen LogP contribution in [-0.4, -0.2) is 0 Å². The first-order valence-electron chi connectivity index (χ1n) is 6.93. The second-order valence-corrected chi connectivity index (χ2v) is 5.38. The number of nitrogens with one attached hydrogen (secondary N) is 1. The first kappa shape index (κ1) is 13.3. The zero-order chi connectivity index (χ0) is 14.1. The third-order valence-electron chi connectivity index (χ3n) is 3.98. The van der Waals surface area contributed by atoms with Gasteiger partial charge in [-0.25, -0.2) is 8.78 Å². The Labute approximate surface area is 117 Å². The average Bonchev–Trinajstić information content (AvgIpc) is 2.81. The topological polar surface area (TPSA) is 12.0 Å². The summed E-state index contributed by atoms with van der Waals surface area (Å²) in [7, 11) is 0. The summed E-state index contributed by atoms with van der Waals surface area (Å²) in [6.45, 7) is 2.02. The van der Waals surface area contributed by atoms with Crippen LogP contribution in [0.4, 0.5) is 8.78 Å². The predicted octanol–water partition coefficient (Wildman–Crippen LogP) is 4.30. The molecule has 0 bridgehead atoms. The Morgan fingerprint density at radius 1 is 1.10 bits per heavy atom. The maximum absolute atomic E-state index is 13.3. The van der Waals surface area contributed by atoms with Crippen molar-refractivity contribution in [2.75, 3.05) is 0 Å². The molecule has 3 rings (SSSR count). The van der Waals surface area contributed by atoms with Crippen molar-refractivity contribution in [1.29, 1.82) is 0 Å². The van der Waals surface area contributed by atoms with Crippen LogP contribution in [0.3, 0.4) is 0 Å². The van der Waals surface area contributed by atoms with Crippen LogP contribution in [0.2, 0.25) is 0 Å². The van der Waals surface area contributed by atoms with E-state index in [0.29, 0.717) is 0 Å². The van der Waals surface area contributed by atoms with Gasteiger partial charge < -0.3 is 5.32 Å². The van der Waals surface area contributed by atoms with Crippen molar-refractivity contribution >= 4 is 0 Å². The molecule has 3 heteroatoms. The van der Waals surface area contributed by atoms with Gasteiger partial charge in [0.25, 0.3) is 0 Å². The third-order valence-corrected chi connectivity index (χ3v) is 3.98. The molecule has 2 atom stereocenters. The summed E-state index contributed by atoms with van der Waals surface area (Å²) < 4.78 is 26.5. The van der Waals surface area contributed by atoms with E-state index < -0.39 is 0 Å². The molecule has 20 heavy (non-hydrogen) atoms. The fourth-order valence-corrected chi connectivity index (χ4v) is 2.93. The second-order valence-electron chi connectivity index (χ2n) is 5.38. The smallest absolute Gasteiger partial charge is 0.123 e. The van der Waals surface area contributed by atoms with Gasteiger partial charge in [-0.3, -0.25) is 0 Å². The van der Waals surface area contributed by atoms with Gasteiger partial charge in [0.05, 0.1) is 0 Å². The first-order valence-corrected chi connectivity index (χ1v) is 6.93. The molecule has 1 aliphatic carbocycles. The molecule has 0 aliphatic heterocycles. The van der Waals surface area contributed by atoms with E-state index in [1.54, 1.807) is 18.2 Å². The number of hydrogen-bond donors (Lipinski definition) is 1. The summed E-state index contributed by atoms with van der Waals surface area (Å²) >= 11 is 0. The van der Waals surface area contributed by atoms with Gasteiger partial charge in [-0.2, -0.15) is 0 Å². The van der Waals surface area contributed by atoms with Crippen molar-refractivity contribution < 1.29 is 8.78 Å². The lowest BCUT2D eigenvalue weighted by molar-refractivity contribution is 0.463. The molecule has 0 fully saturated rings. The number of rotatable bonds is 3. The van der Waals surface area contributed by atoms with Gasteiger partial charge in [0, 0.05) is 12.1 Å². The first-order chi connectivity index (χ1) is 9.63. The Morgan fingerprint density at radius 2 is 1.90 bits per heavy atom. The largest absolute Gasteiger partial charge is 0.303 e. The van der Waals surface area contributed by atoms with E-state index >= 15 is 0 Å². The average molecular weight is 273 g/mol. The molecule has 1 nitrogen and oxygen atoms in total. The van der Waals surface area contributed by atoms with Crippen molar-refractivity contribution in [3.05, 3.63) is 70.8 Å². The maximum Gasteiger partial charge on any atom is 0.123 e. The van der Waals surface area contributed by atoms with Crippen LogP contribution in [0, 0.1) is 11.6 Å². The van der Waals surface area contributed by atoms with Gasteiger partial charge >= 0.3 is 0 Å². The van der Waals surface area contributed by atoms with Crippen molar-refractivity contribution in [2.24, 2.45) is 0 Å². The lowest BCUT2D eigenvalue weighted by atomic mass is 10.0. The summed E-state index contributed by atoms with van der Waals surface area (Å²) in [6.07, 6.45) is 1.85. The van der Waals surface area contributed by atoms with Crippen LogP contribution in [-0.2, 0) is 6.42 Å². The SMILES string of the molecule is CC(NC1CCc2cc(F)ccc21)c1cccc(F)c1. The summed E-state index contributed by atoms with van der Waals surface area (Å²) in [6, 6.07) is 11.9. The molecule has 0 spiro atoms. The highest BCUT2D eigenvalue weighted by molar-refractivity contribution is 5.35. The number of aryl methyl sites for hydroxylation is 1. The Balaban J connectivity index is 1.77. The Bertz CT molecular complexity index is 624. The fraction of sp³-hybridized carbons (Fsp3) is 0.294.